The predicted octanol–water partition coefficient (Wildman–Crippen LogP) is 3.21. The van der Waals surface area contributed by atoms with Crippen LogP contribution in [0, 0.1) is 6.92 Å². The van der Waals surface area contributed by atoms with E-state index in [1.807, 2.05) is 18.4 Å². The molecule has 1 aromatic carbocycles. The van der Waals surface area contributed by atoms with Gasteiger partial charge in [0.2, 0.25) is 0 Å². The van der Waals surface area contributed by atoms with Crippen molar-refractivity contribution in [2.45, 2.75) is 19.6 Å². The van der Waals surface area contributed by atoms with Crippen LogP contribution in [0.15, 0.2) is 35.7 Å². The summed E-state index contributed by atoms with van der Waals surface area (Å²) in [6.07, 6.45) is 0. The summed E-state index contributed by atoms with van der Waals surface area (Å²) >= 11 is 1.63. The molecule has 0 aliphatic rings. The number of thiophene rings is 1. The molecule has 0 spiro atoms. The quantitative estimate of drug-likeness (QED) is 0.654. The van der Waals surface area contributed by atoms with Crippen molar-refractivity contribution in [3.63, 3.8) is 0 Å². The number of ether oxygens (including phenoxy) is 1. The zero-order chi connectivity index (χ0) is 13.8. The first-order chi connectivity index (χ1) is 9.10. The number of nitrogens with one attached hydrogen (secondary N) is 1. The minimum absolute atomic E-state index is 0.135. The van der Waals surface area contributed by atoms with Crippen molar-refractivity contribution in [1.29, 1.82) is 0 Å². The Bertz CT molecular complexity index is 528. The second-order valence-corrected chi connectivity index (χ2v) is 5.15. The van der Waals surface area contributed by atoms with Crippen LogP contribution in [0.1, 0.15) is 22.0 Å². The fourth-order valence-corrected chi connectivity index (χ4v) is 2.57. The molecule has 0 bridgehead atoms. The molecule has 102 valence electrons. The van der Waals surface area contributed by atoms with Gasteiger partial charge in [-0.05, 0) is 41.6 Å². The highest BCUT2D eigenvalue weighted by Gasteiger charge is 2.14. The monoisotopic (exact) mass is 284 g/mol. The fraction of sp³-hybridized carbons (Fsp3) is 0.231. The van der Waals surface area contributed by atoms with Crippen LogP contribution in [0.4, 0.5) is 8.78 Å². The molecule has 0 saturated heterocycles. The average molecular weight is 284 g/mol. The zero-order valence-electron chi connectivity index (χ0n) is 10.3. The summed E-state index contributed by atoms with van der Waals surface area (Å²) in [6, 6.07) is 8.32. The highest BCUT2D eigenvalue weighted by molar-refractivity contribution is 7.10. The Morgan fingerprint density at radius 2 is 1.89 bits per heavy atom. The Labute approximate surface area is 114 Å². The summed E-state index contributed by atoms with van der Waals surface area (Å²) in [7, 11) is 0. The first-order valence-corrected chi connectivity index (χ1v) is 6.54. The molecule has 0 amide bonds. The van der Waals surface area contributed by atoms with Gasteiger partial charge in [0.05, 0.1) is 6.04 Å². The van der Waals surface area contributed by atoms with Crippen molar-refractivity contribution in [3.8, 4) is 5.75 Å². The van der Waals surface area contributed by atoms with E-state index in [4.69, 9.17) is 5.84 Å². The molecule has 1 heterocycles. The fourth-order valence-electron chi connectivity index (χ4n) is 1.84. The topological polar surface area (TPSA) is 47.3 Å². The summed E-state index contributed by atoms with van der Waals surface area (Å²) in [5.41, 5.74) is 4.67. The SMILES string of the molecule is Cc1cc(C(NN)c2ccc(OC(F)F)cc2)cs1. The highest BCUT2D eigenvalue weighted by Crippen LogP contribution is 2.27. The molecule has 3 N–H and O–H groups in total. The maximum atomic E-state index is 12.1. The molecule has 6 heteroatoms. The molecule has 3 nitrogen and oxygen atoms in total. The van der Waals surface area contributed by atoms with Crippen LogP contribution in [-0.4, -0.2) is 6.61 Å². The number of hydrogen-bond acceptors (Lipinski definition) is 4. The molecule has 0 saturated carbocycles. The molecule has 1 aromatic heterocycles. The Morgan fingerprint density at radius 3 is 2.37 bits per heavy atom. The van der Waals surface area contributed by atoms with Gasteiger partial charge in [-0.15, -0.1) is 11.3 Å². The van der Waals surface area contributed by atoms with Crippen LogP contribution < -0.4 is 16.0 Å². The molecular weight excluding hydrogens is 270 g/mol. The van der Waals surface area contributed by atoms with Gasteiger partial charge in [0.15, 0.2) is 0 Å². The van der Waals surface area contributed by atoms with Crippen LogP contribution in [0.5, 0.6) is 5.75 Å². The van der Waals surface area contributed by atoms with E-state index < -0.39 is 6.61 Å². The van der Waals surface area contributed by atoms with Crippen molar-refractivity contribution >= 4 is 11.3 Å². The van der Waals surface area contributed by atoms with Crippen molar-refractivity contribution in [2.24, 2.45) is 5.84 Å². The summed E-state index contributed by atoms with van der Waals surface area (Å²) in [5, 5.41) is 2.02. The van der Waals surface area contributed by atoms with Gasteiger partial charge in [0, 0.05) is 4.88 Å². The van der Waals surface area contributed by atoms with E-state index >= 15 is 0 Å². The summed E-state index contributed by atoms with van der Waals surface area (Å²) in [6.45, 7) is -0.796. The largest absolute Gasteiger partial charge is 0.435 e. The lowest BCUT2D eigenvalue weighted by Gasteiger charge is -2.15. The maximum Gasteiger partial charge on any atom is 0.387 e. The lowest BCUT2D eigenvalue weighted by atomic mass is 10.0. The van der Waals surface area contributed by atoms with Gasteiger partial charge >= 0.3 is 6.61 Å². The van der Waals surface area contributed by atoms with Gasteiger partial charge in [-0.3, -0.25) is 5.84 Å². The van der Waals surface area contributed by atoms with Crippen LogP contribution in [0.2, 0.25) is 0 Å². The average Bonchev–Trinajstić information content (AvgIpc) is 2.78. The second-order valence-electron chi connectivity index (χ2n) is 4.04. The van der Waals surface area contributed by atoms with E-state index in [1.165, 1.54) is 17.0 Å². The smallest absolute Gasteiger partial charge is 0.387 e. The molecule has 2 rings (SSSR count). The van der Waals surface area contributed by atoms with Crippen LogP contribution in [0.3, 0.4) is 0 Å². The van der Waals surface area contributed by atoms with Gasteiger partial charge < -0.3 is 4.74 Å². The molecule has 1 atom stereocenters. The van der Waals surface area contributed by atoms with Crippen LogP contribution in [-0.2, 0) is 0 Å². The van der Waals surface area contributed by atoms with E-state index in [-0.39, 0.29) is 11.8 Å². The van der Waals surface area contributed by atoms with E-state index in [2.05, 4.69) is 10.2 Å². The Balaban J connectivity index is 2.19. The minimum Gasteiger partial charge on any atom is -0.435 e. The van der Waals surface area contributed by atoms with Crippen LogP contribution >= 0.6 is 11.3 Å². The number of benzene rings is 1. The van der Waals surface area contributed by atoms with Crippen molar-refractivity contribution < 1.29 is 13.5 Å². The van der Waals surface area contributed by atoms with E-state index in [0.717, 1.165) is 11.1 Å². The molecule has 0 radical (unpaired) electrons. The lowest BCUT2D eigenvalue weighted by molar-refractivity contribution is -0.0498. The second kappa shape index (κ2) is 6.10. The molecule has 0 fully saturated rings. The molecule has 2 aromatic rings. The van der Waals surface area contributed by atoms with Gasteiger partial charge in [-0.25, -0.2) is 5.43 Å². The predicted molar refractivity (Wildman–Crippen MR) is 71.3 cm³/mol. The third kappa shape index (κ3) is 3.50. The molecule has 19 heavy (non-hydrogen) atoms. The Morgan fingerprint density at radius 1 is 1.21 bits per heavy atom. The Kier molecular flexibility index (Phi) is 4.47. The lowest BCUT2D eigenvalue weighted by Crippen LogP contribution is -2.28. The van der Waals surface area contributed by atoms with Crippen molar-refractivity contribution in [2.75, 3.05) is 0 Å². The van der Waals surface area contributed by atoms with Crippen LogP contribution in [0.25, 0.3) is 0 Å². The van der Waals surface area contributed by atoms with Gasteiger partial charge in [0.1, 0.15) is 5.75 Å². The van der Waals surface area contributed by atoms with Gasteiger partial charge in [-0.2, -0.15) is 8.78 Å². The number of rotatable bonds is 5. The summed E-state index contributed by atoms with van der Waals surface area (Å²) in [4.78, 5) is 1.19. The first kappa shape index (κ1) is 13.9. The first-order valence-electron chi connectivity index (χ1n) is 5.66. The number of aryl methyl sites for hydroxylation is 1. The maximum absolute atomic E-state index is 12.1. The van der Waals surface area contributed by atoms with E-state index in [0.29, 0.717) is 0 Å². The molecule has 0 aliphatic heterocycles. The minimum atomic E-state index is -2.81. The molecule has 0 aliphatic carbocycles. The molecular formula is C13H14F2N2OS. The number of nitrogens with two attached hydrogens (primary N) is 1. The highest BCUT2D eigenvalue weighted by atomic mass is 32.1. The number of alkyl halides is 2. The Hall–Kier alpha value is -1.50. The summed E-state index contributed by atoms with van der Waals surface area (Å²) < 4.78 is 28.4. The molecule has 1 unspecified atom stereocenters. The number of halogens is 2. The van der Waals surface area contributed by atoms with E-state index in [1.54, 1.807) is 23.5 Å². The number of hydrazine groups is 1. The standard InChI is InChI=1S/C13H14F2N2OS/c1-8-6-10(7-19-8)12(17-16)9-2-4-11(5-3-9)18-13(14)15/h2-7,12-13,17H,16H2,1H3. The zero-order valence-corrected chi connectivity index (χ0v) is 11.1. The van der Waals surface area contributed by atoms with Gasteiger partial charge in [-0.1, -0.05) is 12.1 Å². The number of hydrogen-bond donors (Lipinski definition) is 2. The third-order valence-corrected chi connectivity index (χ3v) is 3.57. The van der Waals surface area contributed by atoms with Crippen molar-refractivity contribution in [3.05, 3.63) is 51.7 Å². The van der Waals surface area contributed by atoms with Gasteiger partial charge in [0.25, 0.3) is 0 Å². The van der Waals surface area contributed by atoms with Crippen molar-refractivity contribution in [1.82, 2.24) is 5.43 Å². The third-order valence-electron chi connectivity index (χ3n) is 2.69. The normalized spacial score (nSPS) is 12.7. The van der Waals surface area contributed by atoms with E-state index in [9.17, 15) is 8.78 Å². The summed E-state index contributed by atoms with van der Waals surface area (Å²) in [5.74, 6) is 5.70.